The molecule has 1 aliphatic rings. The van der Waals surface area contributed by atoms with Crippen LogP contribution in [0.1, 0.15) is 32.1 Å². The average Bonchev–Trinajstić information content (AvgIpc) is 2.90. The monoisotopic (exact) mass is 295 g/mol. The Morgan fingerprint density at radius 3 is 2.68 bits per heavy atom. The molecule has 0 spiro atoms. The van der Waals surface area contributed by atoms with Crippen molar-refractivity contribution >= 4 is 33.6 Å². The molecule has 1 fully saturated rings. The van der Waals surface area contributed by atoms with Crippen LogP contribution in [0.15, 0.2) is 24.4 Å². The van der Waals surface area contributed by atoms with Crippen molar-refractivity contribution in [1.29, 1.82) is 0 Å². The number of hydrogen-bond donors (Lipinski definition) is 2. The molecule has 4 N–H and O–H groups in total. The number of anilines is 2. The molecule has 1 saturated carbocycles. The maximum Gasteiger partial charge on any atom is 0.222 e. The van der Waals surface area contributed by atoms with Crippen molar-refractivity contribution in [1.82, 2.24) is 14.5 Å². The van der Waals surface area contributed by atoms with Crippen LogP contribution in [0, 0.1) is 5.92 Å². The molecule has 114 valence electrons. The van der Waals surface area contributed by atoms with E-state index >= 15 is 0 Å². The fraction of sp³-hybridized carbons (Fsp3) is 0.412. The van der Waals surface area contributed by atoms with Crippen molar-refractivity contribution in [3.63, 3.8) is 0 Å². The molecule has 0 saturated heterocycles. The highest BCUT2D eigenvalue weighted by molar-refractivity contribution is 6.10. The molecule has 1 aromatic carbocycles. The minimum absolute atomic E-state index is 0.228. The fourth-order valence-corrected chi connectivity index (χ4v) is 3.76. The molecular formula is C17H21N5. The Hall–Kier alpha value is -2.30. The lowest BCUT2D eigenvalue weighted by Crippen LogP contribution is -2.13. The van der Waals surface area contributed by atoms with Crippen molar-refractivity contribution in [3.8, 4) is 0 Å². The number of nitrogens with zero attached hydrogens (tertiary/aromatic N) is 3. The first-order valence-corrected chi connectivity index (χ1v) is 8.03. The Kier molecular flexibility index (Phi) is 3.13. The van der Waals surface area contributed by atoms with Crippen LogP contribution in [-0.4, -0.2) is 14.5 Å². The Bertz CT molecular complexity index is 830. The smallest absolute Gasteiger partial charge is 0.222 e. The summed E-state index contributed by atoms with van der Waals surface area (Å²) < 4.78 is 2.35. The van der Waals surface area contributed by atoms with Crippen LogP contribution < -0.4 is 11.5 Å². The van der Waals surface area contributed by atoms with Gasteiger partial charge in [-0.2, -0.15) is 4.98 Å². The lowest BCUT2D eigenvalue weighted by atomic mass is 9.89. The van der Waals surface area contributed by atoms with Crippen molar-refractivity contribution in [2.24, 2.45) is 5.92 Å². The summed E-state index contributed by atoms with van der Waals surface area (Å²) in [7, 11) is 0. The summed E-state index contributed by atoms with van der Waals surface area (Å²) in [4.78, 5) is 8.40. The molecule has 2 heterocycles. The van der Waals surface area contributed by atoms with E-state index in [2.05, 4.69) is 32.9 Å². The molecule has 1 aliphatic carbocycles. The van der Waals surface area contributed by atoms with Crippen LogP contribution >= 0.6 is 0 Å². The minimum Gasteiger partial charge on any atom is -0.383 e. The third-order valence-corrected chi connectivity index (χ3v) is 4.84. The molecular weight excluding hydrogens is 274 g/mol. The number of fused-ring (bicyclic) bond motifs is 3. The predicted octanol–water partition coefficient (Wildman–Crippen LogP) is 3.33. The van der Waals surface area contributed by atoms with E-state index in [1.165, 1.54) is 37.6 Å². The zero-order valence-corrected chi connectivity index (χ0v) is 12.6. The zero-order valence-electron chi connectivity index (χ0n) is 12.6. The van der Waals surface area contributed by atoms with E-state index in [1.807, 2.05) is 6.07 Å². The Balaban J connectivity index is 1.80. The van der Waals surface area contributed by atoms with Crippen LogP contribution in [0.25, 0.3) is 21.8 Å². The van der Waals surface area contributed by atoms with Crippen molar-refractivity contribution in [2.75, 3.05) is 11.5 Å². The van der Waals surface area contributed by atoms with Crippen molar-refractivity contribution in [2.45, 2.75) is 38.6 Å². The first kappa shape index (κ1) is 13.4. The van der Waals surface area contributed by atoms with Gasteiger partial charge in [0.05, 0.1) is 10.9 Å². The van der Waals surface area contributed by atoms with Gasteiger partial charge in [0, 0.05) is 23.6 Å². The van der Waals surface area contributed by atoms with E-state index in [-0.39, 0.29) is 5.95 Å². The minimum atomic E-state index is 0.228. The Labute approximate surface area is 129 Å². The SMILES string of the molecule is Nc1nc(N)c2c(ccc3c2ccn3CC2CCCCC2)n1. The van der Waals surface area contributed by atoms with Gasteiger partial charge in [-0.1, -0.05) is 19.3 Å². The van der Waals surface area contributed by atoms with Gasteiger partial charge in [0.15, 0.2) is 0 Å². The summed E-state index contributed by atoms with van der Waals surface area (Å²) in [6.07, 6.45) is 8.97. The molecule has 5 heteroatoms. The molecule has 0 aliphatic heterocycles. The highest BCUT2D eigenvalue weighted by atomic mass is 15.0. The van der Waals surface area contributed by atoms with Crippen LogP contribution in [0.3, 0.4) is 0 Å². The number of benzene rings is 1. The predicted molar refractivity (Wildman–Crippen MR) is 90.4 cm³/mol. The largest absolute Gasteiger partial charge is 0.383 e. The molecule has 3 aromatic rings. The van der Waals surface area contributed by atoms with Gasteiger partial charge < -0.3 is 16.0 Å². The number of hydrogen-bond acceptors (Lipinski definition) is 4. The Morgan fingerprint density at radius 2 is 1.86 bits per heavy atom. The number of rotatable bonds is 2. The van der Waals surface area contributed by atoms with Gasteiger partial charge in [-0.25, -0.2) is 4.98 Å². The zero-order chi connectivity index (χ0) is 15.1. The van der Waals surface area contributed by atoms with Gasteiger partial charge in [-0.15, -0.1) is 0 Å². The van der Waals surface area contributed by atoms with Crippen LogP contribution in [0.2, 0.25) is 0 Å². The number of aromatic nitrogens is 3. The van der Waals surface area contributed by atoms with E-state index < -0.39 is 0 Å². The van der Waals surface area contributed by atoms with E-state index in [9.17, 15) is 0 Å². The van der Waals surface area contributed by atoms with Gasteiger partial charge in [-0.05, 0) is 37.0 Å². The molecule has 22 heavy (non-hydrogen) atoms. The highest BCUT2D eigenvalue weighted by Gasteiger charge is 2.16. The second-order valence-electron chi connectivity index (χ2n) is 6.33. The third kappa shape index (κ3) is 2.17. The molecule has 5 nitrogen and oxygen atoms in total. The molecule has 0 amide bonds. The lowest BCUT2D eigenvalue weighted by Gasteiger charge is -2.22. The fourth-order valence-electron chi connectivity index (χ4n) is 3.76. The first-order valence-electron chi connectivity index (χ1n) is 8.03. The highest BCUT2D eigenvalue weighted by Crippen LogP contribution is 2.31. The second kappa shape index (κ2) is 5.16. The summed E-state index contributed by atoms with van der Waals surface area (Å²) in [6.45, 7) is 1.09. The van der Waals surface area contributed by atoms with Crippen LogP contribution in [-0.2, 0) is 6.54 Å². The van der Waals surface area contributed by atoms with Gasteiger partial charge in [-0.3, -0.25) is 0 Å². The normalized spacial score (nSPS) is 16.5. The van der Waals surface area contributed by atoms with E-state index in [0.29, 0.717) is 5.82 Å². The van der Waals surface area contributed by atoms with E-state index in [4.69, 9.17) is 11.5 Å². The summed E-state index contributed by atoms with van der Waals surface area (Å²) in [5, 5.41) is 2.03. The summed E-state index contributed by atoms with van der Waals surface area (Å²) >= 11 is 0. The van der Waals surface area contributed by atoms with Crippen molar-refractivity contribution < 1.29 is 0 Å². The van der Waals surface area contributed by atoms with Crippen LogP contribution in [0.4, 0.5) is 11.8 Å². The van der Waals surface area contributed by atoms with Gasteiger partial charge in [0.25, 0.3) is 0 Å². The van der Waals surface area contributed by atoms with Gasteiger partial charge >= 0.3 is 0 Å². The average molecular weight is 295 g/mol. The van der Waals surface area contributed by atoms with Gasteiger partial charge in [0.2, 0.25) is 5.95 Å². The van der Waals surface area contributed by atoms with Crippen molar-refractivity contribution in [3.05, 3.63) is 24.4 Å². The number of nitrogens with two attached hydrogens (primary N) is 2. The molecule has 0 atom stereocenters. The summed E-state index contributed by atoms with van der Waals surface area (Å²) in [6, 6.07) is 6.23. The second-order valence-corrected chi connectivity index (χ2v) is 6.33. The first-order chi connectivity index (χ1) is 10.7. The molecule has 4 rings (SSSR count). The maximum absolute atomic E-state index is 6.08. The van der Waals surface area contributed by atoms with E-state index in [0.717, 1.165) is 28.8 Å². The lowest BCUT2D eigenvalue weighted by molar-refractivity contribution is 0.322. The summed E-state index contributed by atoms with van der Waals surface area (Å²) in [5.74, 6) is 1.48. The van der Waals surface area contributed by atoms with E-state index in [1.54, 1.807) is 0 Å². The number of nitrogen functional groups attached to an aromatic ring is 2. The molecule has 0 radical (unpaired) electrons. The quantitative estimate of drug-likeness (QED) is 0.759. The summed E-state index contributed by atoms with van der Waals surface area (Å²) in [5.41, 5.74) is 13.8. The Morgan fingerprint density at radius 1 is 1.05 bits per heavy atom. The third-order valence-electron chi connectivity index (χ3n) is 4.84. The van der Waals surface area contributed by atoms with Crippen LogP contribution in [0.5, 0.6) is 0 Å². The molecule has 0 unspecified atom stereocenters. The molecule has 0 bridgehead atoms. The van der Waals surface area contributed by atoms with Gasteiger partial charge in [0.1, 0.15) is 5.82 Å². The standard InChI is InChI=1S/C17H21N5/c18-16-15-12-8-9-22(10-11-4-2-1-3-5-11)14(12)7-6-13(15)20-17(19)21-16/h6-9,11H,1-5,10H2,(H4,18,19,20,21). The topological polar surface area (TPSA) is 82.7 Å². The molecule has 2 aromatic heterocycles. The maximum atomic E-state index is 6.08.